The highest BCUT2D eigenvalue weighted by Crippen LogP contribution is 2.39. The maximum absolute atomic E-state index is 15.2. The van der Waals surface area contributed by atoms with E-state index >= 15 is 4.39 Å². The third-order valence-electron chi connectivity index (χ3n) is 8.20. The zero-order chi connectivity index (χ0) is 30.9. The second-order valence-electron chi connectivity index (χ2n) is 12.7. The van der Waals surface area contributed by atoms with Gasteiger partial charge in [0, 0.05) is 42.9 Å². The number of methoxy groups -OCH3 is 1. The summed E-state index contributed by atoms with van der Waals surface area (Å²) in [6.45, 7) is 11.4. The molecular weight excluding hydrogens is 551 g/mol. The van der Waals surface area contributed by atoms with E-state index in [-0.39, 0.29) is 24.3 Å². The van der Waals surface area contributed by atoms with Crippen molar-refractivity contribution < 1.29 is 32.9 Å². The Labute approximate surface area is 253 Å². The van der Waals surface area contributed by atoms with Crippen LogP contribution in [0.3, 0.4) is 0 Å². The smallest absolute Gasteiger partial charge is 0.419 e. The summed E-state index contributed by atoms with van der Waals surface area (Å²) in [6, 6.07) is 8.51. The molecule has 1 aromatic heterocycles. The molecule has 8 nitrogen and oxygen atoms in total. The molecule has 43 heavy (non-hydrogen) atoms. The number of likely N-dealkylation sites (tertiary alicyclic amines) is 1. The Balaban J connectivity index is 1.49. The monoisotopic (exact) mass is 594 g/mol. The van der Waals surface area contributed by atoms with Crippen molar-refractivity contribution in [2.24, 2.45) is 5.92 Å². The third-order valence-corrected chi connectivity index (χ3v) is 8.20. The van der Waals surface area contributed by atoms with Gasteiger partial charge >= 0.3 is 12.1 Å². The normalized spacial score (nSPS) is 19.4. The van der Waals surface area contributed by atoms with Crippen molar-refractivity contribution >= 4 is 23.0 Å². The average Bonchev–Trinajstić information content (AvgIpc) is 3.67. The molecular formula is C34H43FN2O6. The molecule has 2 heterocycles. The van der Waals surface area contributed by atoms with Crippen LogP contribution in [0.5, 0.6) is 5.75 Å². The highest BCUT2D eigenvalue weighted by Gasteiger charge is 2.34. The molecule has 0 bridgehead atoms. The van der Waals surface area contributed by atoms with Gasteiger partial charge in [-0.15, -0.1) is 0 Å². The lowest BCUT2D eigenvalue weighted by atomic mass is 9.91. The Morgan fingerprint density at radius 1 is 1.09 bits per heavy atom. The lowest BCUT2D eigenvalue weighted by molar-refractivity contribution is -0.0229. The molecule has 3 aromatic rings. The second-order valence-corrected chi connectivity index (χ2v) is 12.7. The number of fused-ring (bicyclic) bond motifs is 1. The maximum Gasteiger partial charge on any atom is 0.419 e. The SMILES string of the molecule is CCOC(=O)c1ccc([C@@H]2CC(OCC3CC3)CCN2Cc2c(OC)cc(C)c3c2ccn3C(=O)OC(C)(C)C)cc1F. The number of hydrogen-bond donors (Lipinski definition) is 0. The lowest BCUT2D eigenvalue weighted by Gasteiger charge is -2.40. The largest absolute Gasteiger partial charge is 0.496 e. The maximum atomic E-state index is 15.2. The topological polar surface area (TPSA) is 79.2 Å². The van der Waals surface area contributed by atoms with Gasteiger partial charge in [0.05, 0.1) is 30.9 Å². The van der Waals surface area contributed by atoms with Crippen molar-refractivity contribution in [1.29, 1.82) is 0 Å². The Morgan fingerprint density at radius 2 is 1.86 bits per heavy atom. The van der Waals surface area contributed by atoms with E-state index in [0.717, 1.165) is 52.9 Å². The third kappa shape index (κ3) is 7.04. The van der Waals surface area contributed by atoms with Gasteiger partial charge in [-0.1, -0.05) is 6.07 Å². The summed E-state index contributed by atoms with van der Waals surface area (Å²) in [4.78, 5) is 27.7. The number of benzene rings is 2. The lowest BCUT2D eigenvalue weighted by Crippen LogP contribution is -2.39. The molecule has 232 valence electrons. The number of carbonyl (C=O) groups excluding carboxylic acids is 2. The molecule has 0 amide bonds. The number of aromatic nitrogens is 1. The van der Waals surface area contributed by atoms with E-state index in [4.69, 9.17) is 18.9 Å². The van der Waals surface area contributed by atoms with Crippen LogP contribution in [-0.4, -0.2) is 60.1 Å². The van der Waals surface area contributed by atoms with Crippen molar-refractivity contribution in [2.75, 3.05) is 26.9 Å². The number of halogens is 1. The van der Waals surface area contributed by atoms with E-state index in [1.165, 1.54) is 25.0 Å². The van der Waals surface area contributed by atoms with E-state index < -0.39 is 23.5 Å². The zero-order valence-corrected chi connectivity index (χ0v) is 26.1. The number of aryl methyl sites for hydroxylation is 1. The molecule has 5 rings (SSSR count). The first kappa shape index (κ1) is 31.0. The molecule has 9 heteroatoms. The summed E-state index contributed by atoms with van der Waals surface area (Å²) in [6.07, 6.45) is 5.34. The number of hydrogen-bond acceptors (Lipinski definition) is 7. The number of nitrogens with zero attached hydrogens (tertiary/aromatic N) is 2. The van der Waals surface area contributed by atoms with Crippen LogP contribution in [0.25, 0.3) is 10.9 Å². The van der Waals surface area contributed by atoms with Gasteiger partial charge in [0.25, 0.3) is 0 Å². The molecule has 1 unspecified atom stereocenters. The predicted molar refractivity (Wildman–Crippen MR) is 162 cm³/mol. The summed E-state index contributed by atoms with van der Waals surface area (Å²) in [5, 5.41) is 0.900. The van der Waals surface area contributed by atoms with E-state index in [0.29, 0.717) is 18.9 Å². The Hall–Kier alpha value is -3.43. The average molecular weight is 595 g/mol. The standard InChI is InChI=1S/C34H43FN2O6/c1-7-41-32(38)26-11-10-23(17-28(26)35)29-18-24(42-20-22-8-9-22)12-14-36(29)19-27-25-13-15-37(33(39)43-34(3,4)5)31(25)21(2)16-30(27)40-6/h10-11,13,15-17,22,24,29H,7-9,12,14,18-20H2,1-6H3/t24?,29-/m0/s1. The molecule has 2 fully saturated rings. The molecule has 1 saturated heterocycles. The number of esters is 1. The summed E-state index contributed by atoms with van der Waals surface area (Å²) in [5.74, 6) is 0.110. The van der Waals surface area contributed by atoms with Gasteiger partial charge in [-0.2, -0.15) is 0 Å². The molecule has 2 aliphatic rings. The van der Waals surface area contributed by atoms with Crippen LogP contribution >= 0.6 is 0 Å². The van der Waals surface area contributed by atoms with Crippen molar-refractivity contribution in [1.82, 2.24) is 9.47 Å². The summed E-state index contributed by atoms with van der Waals surface area (Å²) < 4.78 is 39.7. The fourth-order valence-electron chi connectivity index (χ4n) is 5.91. The van der Waals surface area contributed by atoms with Crippen LogP contribution < -0.4 is 4.74 Å². The van der Waals surface area contributed by atoms with Crippen LogP contribution in [-0.2, 0) is 20.8 Å². The Morgan fingerprint density at radius 3 is 2.51 bits per heavy atom. The number of piperidine rings is 1. The zero-order valence-electron chi connectivity index (χ0n) is 26.1. The molecule has 0 radical (unpaired) electrons. The summed E-state index contributed by atoms with van der Waals surface area (Å²) in [5.41, 5.74) is 2.68. The predicted octanol–water partition coefficient (Wildman–Crippen LogP) is 7.19. The second kappa shape index (κ2) is 12.7. The quantitative estimate of drug-likeness (QED) is 0.243. The van der Waals surface area contributed by atoms with Gasteiger partial charge < -0.3 is 18.9 Å². The van der Waals surface area contributed by atoms with Gasteiger partial charge in [-0.25, -0.2) is 14.0 Å². The first-order chi connectivity index (χ1) is 20.5. The first-order valence-electron chi connectivity index (χ1n) is 15.2. The van der Waals surface area contributed by atoms with Crippen LogP contribution in [0.15, 0.2) is 36.5 Å². The number of ether oxygens (including phenoxy) is 4. The van der Waals surface area contributed by atoms with Crippen LogP contribution in [0.2, 0.25) is 0 Å². The van der Waals surface area contributed by atoms with Gasteiger partial charge in [0.1, 0.15) is 17.2 Å². The van der Waals surface area contributed by atoms with Gasteiger partial charge in [-0.05, 0) is 102 Å². The summed E-state index contributed by atoms with van der Waals surface area (Å²) >= 11 is 0. The fraction of sp³-hybridized carbons (Fsp3) is 0.529. The van der Waals surface area contributed by atoms with E-state index in [1.807, 2.05) is 45.9 Å². The van der Waals surface area contributed by atoms with Gasteiger partial charge in [0.15, 0.2) is 0 Å². The van der Waals surface area contributed by atoms with Crippen molar-refractivity contribution in [3.05, 3.63) is 64.6 Å². The van der Waals surface area contributed by atoms with Gasteiger partial charge in [-0.3, -0.25) is 9.47 Å². The molecule has 0 spiro atoms. The highest BCUT2D eigenvalue weighted by molar-refractivity contribution is 5.95. The Bertz CT molecular complexity index is 1490. The minimum Gasteiger partial charge on any atom is -0.496 e. The number of carbonyl (C=O) groups is 2. The minimum atomic E-state index is -0.668. The fourth-order valence-corrected chi connectivity index (χ4v) is 5.91. The summed E-state index contributed by atoms with van der Waals surface area (Å²) in [7, 11) is 1.65. The minimum absolute atomic E-state index is 0.0582. The van der Waals surface area contributed by atoms with Crippen molar-refractivity contribution in [3.63, 3.8) is 0 Å². The first-order valence-corrected chi connectivity index (χ1v) is 15.2. The van der Waals surface area contributed by atoms with E-state index in [2.05, 4.69) is 4.90 Å². The molecule has 1 aliphatic carbocycles. The molecule has 2 atom stereocenters. The van der Waals surface area contributed by atoms with Crippen LogP contribution in [0, 0.1) is 18.7 Å². The molecule has 1 aliphatic heterocycles. The van der Waals surface area contributed by atoms with E-state index in [9.17, 15) is 9.59 Å². The molecule has 0 N–H and O–H groups in total. The van der Waals surface area contributed by atoms with Gasteiger partial charge in [0.2, 0.25) is 0 Å². The van der Waals surface area contributed by atoms with E-state index in [1.54, 1.807) is 24.8 Å². The van der Waals surface area contributed by atoms with Crippen molar-refractivity contribution in [2.45, 2.75) is 84.6 Å². The molecule has 1 saturated carbocycles. The number of rotatable bonds is 9. The van der Waals surface area contributed by atoms with Crippen LogP contribution in [0.4, 0.5) is 9.18 Å². The van der Waals surface area contributed by atoms with Crippen LogP contribution in [0.1, 0.15) is 86.5 Å². The highest BCUT2D eigenvalue weighted by atomic mass is 19.1. The molecule has 2 aromatic carbocycles. The van der Waals surface area contributed by atoms with Crippen molar-refractivity contribution in [3.8, 4) is 5.75 Å². The Kier molecular flexibility index (Phi) is 9.13.